The van der Waals surface area contributed by atoms with Gasteiger partial charge in [-0.2, -0.15) is 12.6 Å². The molecule has 12 nitrogen and oxygen atoms in total. The molecule has 1 aromatic rings. The molecule has 9 unspecified atom stereocenters. The van der Waals surface area contributed by atoms with Gasteiger partial charge in [-0.15, -0.1) is 0 Å². The number of likely N-dealkylation sites (N-methyl/N-ethyl adjacent to an activating group) is 1. The number of carbonyl (C=O) groups excluding carboxylic acids is 4. The fourth-order valence-electron chi connectivity index (χ4n) is 6.61. The van der Waals surface area contributed by atoms with Crippen molar-refractivity contribution >= 4 is 48.0 Å². The lowest BCUT2D eigenvalue weighted by Gasteiger charge is -2.42. The number of halogens is 1. The van der Waals surface area contributed by atoms with E-state index in [4.69, 9.17) is 30.5 Å². The number of esters is 1. The topological polar surface area (TPSA) is 164 Å². The number of alkyl carbamates (subject to hydrolysis) is 1. The quantitative estimate of drug-likeness (QED) is 0.194. The van der Waals surface area contributed by atoms with Crippen molar-refractivity contribution in [2.24, 2.45) is 5.92 Å². The molecule has 4 rings (SSSR count). The molecule has 49 heavy (non-hydrogen) atoms. The van der Waals surface area contributed by atoms with Crippen LogP contribution in [0.3, 0.4) is 0 Å². The largest absolute Gasteiger partial charge is 0.457 e. The number of Topliss-reactive ketones (excluding diaryl/α,β-unsaturated/α-hetero) is 1. The number of aliphatic hydroxyl groups is 2. The van der Waals surface area contributed by atoms with Crippen LogP contribution in [0.5, 0.6) is 0 Å². The number of nitrogens with zero attached hydrogens (tertiary/aromatic N) is 1. The van der Waals surface area contributed by atoms with Crippen LogP contribution >= 0.6 is 24.2 Å². The van der Waals surface area contributed by atoms with Gasteiger partial charge in [0.05, 0.1) is 23.5 Å². The van der Waals surface area contributed by atoms with Crippen molar-refractivity contribution in [3.05, 3.63) is 57.6 Å². The molecule has 2 saturated heterocycles. The van der Waals surface area contributed by atoms with Gasteiger partial charge in [-0.25, -0.2) is 9.59 Å². The zero-order valence-electron chi connectivity index (χ0n) is 28.9. The van der Waals surface area contributed by atoms with Gasteiger partial charge in [0, 0.05) is 38.8 Å². The van der Waals surface area contributed by atoms with Crippen molar-refractivity contribution in [3.8, 4) is 0 Å². The van der Waals surface area contributed by atoms with Crippen molar-refractivity contribution < 1.29 is 48.3 Å². The summed E-state index contributed by atoms with van der Waals surface area (Å²) in [4.78, 5) is 53.8. The van der Waals surface area contributed by atoms with Gasteiger partial charge >= 0.3 is 12.1 Å². The van der Waals surface area contributed by atoms with Crippen LogP contribution < -0.4 is 5.32 Å². The maximum absolute atomic E-state index is 14.1. The van der Waals surface area contributed by atoms with Gasteiger partial charge in [0.1, 0.15) is 35.7 Å². The Morgan fingerprint density at radius 2 is 1.96 bits per heavy atom. The van der Waals surface area contributed by atoms with Gasteiger partial charge in [-0.3, -0.25) is 14.9 Å². The normalized spacial score (nSPS) is 34.3. The minimum absolute atomic E-state index is 0.0518. The molecule has 1 aliphatic carbocycles. The highest BCUT2D eigenvalue weighted by molar-refractivity contribution is 7.81. The number of ether oxygens (including phenoxy) is 4. The van der Waals surface area contributed by atoms with Gasteiger partial charge < -0.3 is 34.1 Å². The van der Waals surface area contributed by atoms with Gasteiger partial charge in [0.15, 0.2) is 5.72 Å². The Balaban J connectivity index is 1.79. The van der Waals surface area contributed by atoms with Crippen LogP contribution in [-0.4, -0.2) is 101 Å². The van der Waals surface area contributed by atoms with Gasteiger partial charge in [0.25, 0.3) is 0 Å². The highest BCUT2D eigenvalue weighted by atomic mass is 35.5. The number of thiol groups is 1. The summed E-state index contributed by atoms with van der Waals surface area (Å²) >= 11 is 10.7. The molecule has 2 fully saturated rings. The van der Waals surface area contributed by atoms with Crippen LogP contribution in [0, 0.1) is 5.92 Å². The predicted molar refractivity (Wildman–Crippen MR) is 184 cm³/mol. The lowest BCUT2D eigenvalue weighted by atomic mass is 9.82. The van der Waals surface area contributed by atoms with Crippen LogP contribution in [0.25, 0.3) is 0 Å². The van der Waals surface area contributed by atoms with Crippen molar-refractivity contribution in [1.82, 2.24) is 10.2 Å². The number of fused-ring (bicyclic) bond motifs is 5. The van der Waals surface area contributed by atoms with Gasteiger partial charge in [-0.1, -0.05) is 61.4 Å². The standard InChI is InChI=1S/C35H47ClN2O10S/c1-18-9-8-10-27(45-7)35(44)15-26(46-33(43)37-35)20(3)31-34(5,48-31)28(47-32(42)21(4)38(6)29(41)17-49)14-25(40)19(2)24-13-22(11-18)12-23(16-39)30(24)36/h8-10,12-13,19-21,26-28,31,39,44,49H,11,14-17H2,1-7H3,(H,37,43)/b10-8+,18-9+. The average molecular weight is 723 g/mol. The number of hydrogen-bond acceptors (Lipinski definition) is 11. The zero-order chi connectivity index (χ0) is 36.4. The molecule has 0 radical (unpaired) electrons. The van der Waals surface area contributed by atoms with Crippen LogP contribution in [-0.2, 0) is 46.4 Å². The first-order valence-corrected chi connectivity index (χ1v) is 17.3. The lowest BCUT2D eigenvalue weighted by molar-refractivity contribution is -0.161. The first kappa shape index (κ1) is 38.9. The maximum Gasteiger partial charge on any atom is 0.409 e. The second-order valence-electron chi connectivity index (χ2n) is 13.5. The molecule has 2 amide bonds. The predicted octanol–water partition coefficient (Wildman–Crippen LogP) is 3.64. The third-order valence-corrected chi connectivity index (χ3v) is 10.7. The third kappa shape index (κ3) is 8.34. The molecular weight excluding hydrogens is 676 g/mol. The number of rotatable bonds is 6. The fraction of sp³-hybridized carbons (Fsp3) is 0.600. The summed E-state index contributed by atoms with van der Waals surface area (Å²) in [6.45, 7) is 8.29. The number of carbonyl (C=O) groups is 4. The van der Waals surface area contributed by atoms with E-state index in [1.54, 1.807) is 39.0 Å². The molecule has 0 saturated carbocycles. The monoisotopic (exact) mass is 722 g/mol. The molecule has 1 aromatic carbocycles. The number of benzene rings is 1. The molecule has 270 valence electrons. The average Bonchev–Trinajstić information content (AvgIpc) is 3.76. The van der Waals surface area contributed by atoms with Crippen LogP contribution in [0.2, 0.25) is 5.02 Å². The first-order chi connectivity index (χ1) is 23.0. The summed E-state index contributed by atoms with van der Waals surface area (Å²) in [5.74, 6) is -2.81. The van der Waals surface area contributed by atoms with E-state index in [0.717, 1.165) is 11.1 Å². The number of allylic oxidation sites excluding steroid dienone is 3. The lowest BCUT2D eigenvalue weighted by Crippen LogP contribution is -2.63. The summed E-state index contributed by atoms with van der Waals surface area (Å²) in [5.41, 5.74) is -0.307. The van der Waals surface area contributed by atoms with Gasteiger partial charge in [0.2, 0.25) is 5.91 Å². The second-order valence-corrected chi connectivity index (χ2v) is 14.2. The van der Waals surface area contributed by atoms with E-state index < -0.39 is 65.7 Å². The van der Waals surface area contributed by atoms with Crippen LogP contribution in [0.1, 0.15) is 70.1 Å². The number of ketones is 1. The smallest absolute Gasteiger partial charge is 0.409 e. The van der Waals surface area contributed by atoms with E-state index in [0.29, 0.717) is 17.5 Å². The SMILES string of the molecule is COC1/C=C/C=C(\C)Cc2cc(CO)c(Cl)c(c2)C(C)C(=O)CC(OC(=O)C(C)N(C)C(=O)CS)C2(C)OC2C(C)C2CC1(O)NC(=O)O2. The Morgan fingerprint density at radius 3 is 2.59 bits per heavy atom. The van der Waals surface area contributed by atoms with E-state index in [1.807, 2.05) is 19.1 Å². The molecular formula is C35H47ClN2O10S. The Bertz CT molecular complexity index is 1520. The van der Waals surface area contributed by atoms with E-state index in [-0.39, 0.29) is 41.9 Å². The zero-order valence-corrected chi connectivity index (χ0v) is 30.5. The number of epoxide rings is 1. The van der Waals surface area contributed by atoms with Gasteiger partial charge in [-0.05, 0) is 43.9 Å². The summed E-state index contributed by atoms with van der Waals surface area (Å²) in [6, 6.07) is 2.62. The Labute approximate surface area is 297 Å². The van der Waals surface area contributed by atoms with E-state index >= 15 is 0 Å². The van der Waals surface area contributed by atoms with Crippen molar-refractivity contribution in [2.45, 2.75) is 108 Å². The first-order valence-electron chi connectivity index (χ1n) is 16.3. The molecule has 2 aliphatic heterocycles. The highest BCUT2D eigenvalue weighted by Gasteiger charge is 2.64. The van der Waals surface area contributed by atoms with Crippen LogP contribution in [0.15, 0.2) is 35.9 Å². The molecule has 2 heterocycles. The van der Waals surface area contributed by atoms with E-state index in [9.17, 15) is 29.4 Å². The number of nitrogens with one attached hydrogen (secondary N) is 1. The summed E-state index contributed by atoms with van der Waals surface area (Å²) in [7, 11) is 2.88. The molecule has 3 aliphatic rings. The van der Waals surface area contributed by atoms with Crippen LogP contribution in [0.4, 0.5) is 4.79 Å². The Kier molecular flexibility index (Phi) is 12.3. The summed E-state index contributed by atoms with van der Waals surface area (Å²) in [6.07, 6.45) is 0.978. The summed E-state index contributed by atoms with van der Waals surface area (Å²) < 4.78 is 23.4. The molecule has 14 heteroatoms. The number of amides is 2. The minimum Gasteiger partial charge on any atom is -0.457 e. The molecule has 4 bridgehead atoms. The number of hydrogen-bond donors (Lipinski definition) is 4. The minimum atomic E-state index is -1.83. The Morgan fingerprint density at radius 1 is 1.27 bits per heavy atom. The molecule has 9 atom stereocenters. The molecule has 0 spiro atoms. The number of aliphatic hydroxyl groups excluding tert-OH is 1. The highest BCUT2D eigenvalue weighted by Crippen LogP contribution is 2.49. The van der Waals surface area contributed by atoms with E-state index in [2.05, 4.69) is 17.9 Å². The molecule has 0 aromatic heterocycles. The van der Waals surface area contributed by atoms with Crippen molar-refractivity contribution in [1.29, 1.82) is 0 Å². The summed E-state index contributed by atoms with van der Waals surface area (Å²) in [5, 5.41) is 24.5. The fourth-order valence-corrected chi connectivity index (χ4v) is 7.16. The second kappa shape index (κ2) is 15.5. The molecule has 3 N–H and O–H groups in total. The number of methoxy groups -OCH3 is 1. The third-order valence-electron chi connectivity index (χ3n) is 10.0. The maximum atomic E-state index is 14.1. The van der Waals surface area contributed by atoms with Crippen molar-refractivity contribution in [3.63, 3.8) is 0 Å². The Hall–Kier alpha value is -2.94. The van der Waals surface area contributed by atoms with Crippen molar-refractivity contribution in [2.75, 3.05) is 19.9 Å². The van der Waals surface area contributed by atoms with E-state index in [1.165, 1.54) is 26.0 Å².